The van der Waals surface area contributed by atoms with Crippen LogP contribution in [0.3, 0.4) is 0 Å². The lowest BCUT2D eigenvalue weighted by atomic mass is 9.83. The third kappa shape index (κ3) is 5.78. The molecule has 0 saturated carbocycles. The van der Waals surface area contributed by atoms with Crippen molar-refractivity contribution >= 4 is 39.4 Å². The van der Waals surface area contributed by atoms with Crippen molar-refractivity contribution < 1.29 is 22.9 Å². The van der Waals surface area contributed by atoms with Crippen LogP contribution in [0.25, 0.3) is 10.9 Å². The largest absolute Gasteiger partial charge is 0.496 e. The van der Waals surface area contributed by atoms with Crippen molar-refractivity contribution in [2.75, 3.05) is 38.0 Å². The molecule has 0 radical (unpaired) electrons. The van der Waals surface area contributed by atoms with Gasteiger partial charge in [0.15, 0.2) is 11.0 Å². The maximum absolute atomic E-state index is 13.4. The van der Waals surface area contributed by atoms with Crippen LogP contribution in [0.5, 0.6) is 5.75 Å². The summed E-state index contributed by atoms with van der Waals surface area (Å²) in [4.78, 5) is 35.1. The lowest BCUT2D eigenvalue weighted by Gasteiger charge is -2.39. The van der Waals surface area contributed by atoms with Crippen LogP contribution in [0.15, 0.2) is 83.9 Å². The predicted molar refractivity (Wildman–Crippen MR) is 157 cm³/mol. The van der Waals surface area contributed by atoms with Gasteiger partial charge >= 0.3 is 0 Å². The fourth-order valence-electron chi connectivity index (χ4n) is 4.99. The highest BCUT2D eigenvalue weighted by atomic mass is 32.2. The number of nitrogens with one attached hydrogen (secondary N) is 1. The quantitative estimate of drug-likeness (QED) is 0.343. The van der Waals surface area contributed by atoms with E-state index >= 15 is 0 Å². The van der Waals surface area contributed by atoms with Crippen LogP contribution in [0, 0.1) is 5.82 Å². The highest BCUT2D eigenvalue weighted by molar-refractivity contribution is 7.86. The van der Waals surface area contributed by atoms with E-state index in [0.717, 1.165) is 10.9 Å². The molecule has 41 heavy (non-hydrogen) atoms. The minimum absolute atomic E-state index is 0.0707. The van der Waals surface area contributed by atoms with Gasteiger partial charge in [-0.1, -0.05) is 30.3 Å². The SMILES string of the molecule is COc1cc(NS(=O)c2cccc3cccnc23)ccc1C(=O)N1CCN(C(=O)C(C)(C)c2ccc(F)cc2)CC1. The Morgan fingerprint density at radius 1 is 0.951 bits per heavy atom. The first-order chi connectivity index (χ1) is 19.7. The van der Waals surface area contributed by atoms with Gasteiger partial charge in [-0.15, -0.1) is 0 Å². The highest BCUT2D eigenvalue weighted by Gasteiger charge is 2.36. The topological polar surface area (TPSA) is 91.8 Å². The lowest BCUT2D eigenvalue weighted by Crippen LogP contribution is -2.54. The monoisotopic (exact) mass is 574 g/mol. The zero-order valence-corrected chi connectivity index (χ0v) is 23.9. The van der Waals surface area contributed by atoms with E-state index < -0.39 is 16.4 Å². The first-order valence-corrected chi connectivity index (χ1v) is 14.4. The van der Waals surface area contributed by atoms with Gasteiger partial charge in [-0.25, -0.2) is 8.60 Å². The lowest BCUT2D eigenvalue weighted by molar-refractivity contribution is -0.137. The fraction of sp³-hybridized carbons (Fsp3) is 0.258. The minimum atomic E-state index is -1.59. The number of carbonyl (C=O) groups excluding carboxylic acids is 2. The van der Waals surface area contributed by atoms with E-state index in [4.69, 9.17) is 4.74 Å². The minimum Gasteiger partial charge on any atom is -0.496 e. The van der Waals surface area contributed by atoms with Crippen LogP contribution in [-0.2, 0) is 21.2 Å². The predicted octanol–water partition coefficient (Wildman–Crippen LogP) is 4.78. The van der Waals surface area contributed by atoms with Crippen molar-refractivity contribution in [2.45, 2.75) is 24.2 Å². The molecule has 1 aliphatic heterocycles. The number of halogens is 1. The third-order valence-electron chi connectivity index (χ3n) is 7.39. The molecular weight excluding hydrogens is 543 g/mol. The van der Waals surface area contributed by atoms with Gasteiger partial charge < -0.3 is 19.3 Å². The Kier molecular flexibility index (Phi) is 8.03. The molecule has 1 aromatic heterocycles. The maximum Gasteiger partial charge on any atom is 0.257 e. The van der Waals surface area contributed by atoms with E-state index in [2.05, 4.69) is 9.71 Å². The number of fused-ring (bicyclic) bond motifs is 1. The Labute approximate surface area is 240 Å². The number of aromatic nitrogens is 1. The molecule has 212 valence electrons. The molecule has 2 amide bonds. The molecule has 1 aliphatic rings. The number of hydrogen-bond donors (Lipinski definition) is 1. The van der Waals surface area contributed by atoms with Gasteiger partial charge in [0.1, 0.15) is 11.6 Å². The summed E-state index contributed by atoms with van der Waals surface area (Å²) in [5.74, 6) is -0.279. The van der Waals surface area contributed by atoms with E-state index in [1.165, 1.54) is 19.2 Å². The van der Waals surface area contributed by atoms with Gasteiger partial charge in [0.05, 0.1) is 34.2 Å². The number of hydrogen-bond acceptors (Lipinski definition) is 5. The number of methoxy groups -OCH3 is 1. The Hall–Kier alpha value is -4.31. The van der Waals surface area contributed by atoms with E-state index in [1.807, 2.05) is 38.1 Å². The van der Waals surface area contributed by atoms with Crippen LogP contribution in [-0.4, -0.2) is 64.1 Å². The number of piperazine rings is 1. The molecular formula is C31H31FN4O4S. The first kappa shape index (κ1) is 28.2. The maximum atomic E-state index is 13.4. The molecule has 0 spiro atoms. The molecule has 2 heterocycles. The molecule has 1 unspecified atom stereocenters. The third-order valence-corrected chi connectivity index (χ3v) is 8.54. The average Bonchev–Trinajstić information content (AvgIpc) is 3.00. The van der Waals surface area contributed by atoms with Gasteiger partial charge in [0, 0.05) is 43.8 Å². The second kappa shape index (κ2) is 11.7. The number of ether oxygens (including phenoxy) is 1. The van der Waals surface area contributed by atoms with Gasteiger partial charge in [-0.05, 0) is 55.8 Å². The molecule has 5 rings (SSSR count). The summed E-state index contributed by atoms with van der Waals surface area (Å²) in [5, 5.41) is 0.888. The second-order valence-electron chi connectivity index (χ2n) is 10.3. The van der Waals surface area contributed by atoms with Crippen molar-refractivity contribution in [3.8, 4) is 5.75 Å². The summed E-state index contributed by atoms with van der Waals surface area (Å²) in [6, 6.07) is 20.2. The summed E-state index contributed by atoms with van der Waals surface area (Å²) in [6.45, 7) is 5.15. The number of anilines is 1. The van der Waals surface area contributed by atoms with Crippen LogP contribution >= 0.6 is 0 Å². The van der Waals surface area contributed by atoms with Gasteiger partial charge in [-0.3, -0.25) is 14.6 Å². The smallest absolute Gasteiger partial charge is 0.257 e. The number of rotatable bonds is 7. The molecule has 3 aromatic carbocycles. The Morgan fingerprint density at radius 3 is 2.34 bits per heavy atom. The summed E-state index contributed by atoms with van der Waals surface area (Å²) in [5.41, 5.74) is 1.47. The van der Waals surface area contributed by atoms with Gasteiger partial charge in [0.2, 0.25) is 5.91 Å². The standard InChI is InChI=1S/C31H31FN4O4S/c1-31(2,22-9-11-23(32)12-10-22)30(38)36-18-16-35(17-19-36)29(37)25-14-13-24(20-26(25)40-3)34-41(39)27-8-4-6-21-7-5-15-33-28(21)27/h4-15,20,34H,16-19H2,1-3H3. The van der Waals surface area contributed by atoms with Crippen LogP contribution in [0.4, 0.5) is 10.1 Å². The summed E-state index contributed by atoms with van der Waals surface area (Å²) in [6.07, 6.45) is 1.66. The van der Waals surface area contributed by atoms with E-state index in [9.17, 15) is 18.2 Å². The molecule has 4 aromatic rings. The van der Waals surface area contributed by atoms with Crippen molar-refractivity contribution in [3.05, 3.63) is 95.9 Å². The molecule has 0 aliphatic carbocycles. The zero-order valence-electron chi connectivity index (χ0n) is 23.1. The number of pyridine rings is 1. The van der Waals surface area contributed by atoms with E-state index in [-0.39, 0.29) is 17.6 Å². The average molecular weight is 575 g/mol. The molecule has 1 fully saturated rings. The zero-order chi connectivity index (χ0) is 29.1. The molecule has 1 saturated heterocycles. The number of nitrogens with zero attached hydrogens (tertiary/aromatic N) is 3. The van der Waals surface area contributed by atoms with E-state index in [0.29, 0.717) is 53.6 Å². The number of para-hydroxylation sites is 1. The summed E-state index contributed by atoms with van der Waals surface area (Å²) in [7, 11) is -0.110. The van der Waals surface area contributed by atoms with Crippen LogP contribution in [0.2, 0.25) is 0 Å². The molecule has 10 heteroatoms. The fourth-order valence-corrected chi connectivity index (χ4v) is 5.99. The highest BCUT2D eigenvalue weighted by Crippen LogP contribution is 2.29. The second-order valence-corrected chi connectivity index (χ2v) is 11.5. The molecule has 1 atom stereocenters. The number of amides is 2. The van der Waals surface area contributed by atoms with Crippen molar-refractivity contribution in [1.82, 2.24) is 14.8 Å². The van der Waals surface area contributed by atoms with E-state index in [1.54, 1.807) is 52.4 Å². The van der Waals surface area contributed by atoms with Crippen molar-refractivity contribution in [1.29, 1.82) is 0 Å². The number of carbonyl (C=O) groups is 2. The molecule has 0 bridgehead atoms. The van der Waals surface area contributed by atoms with Crippen molar-refractivity contribution in [2.24, 2.45) is 0 Å². The molecule has 8 nitrogen and oxygen atoms in total. The summed E-state index contributed by atoms with van der Waals surface area (Å²) < 4.78 is 35.0. The first-order valence-electron chi connectivity index (χ1n) is 13.2. The molecule has 1 N–H and O–H groups in total. The normalized spacial score (nSPS) is 14.5. The summed E-state index contributed by atoms with van der Waals surface area (Å²) >= 11 is 0. The Balaban J connectivity index is 1.25. The van der Waals surface area contributed by atoms with Crippen LogP contribution < -0.4 is 9.46 Å². The van der Waals surface area contributed by atoms with Gasteiger partial charge in [-0.2, -0.15) is 0 Å². The van der Waals surface area contributed by atoms with Crippen LogP contribution in [0.1, 0.15) is 29.8 Å². The van der Waals surface area contributed by atoms with Gasteiger partial charge in [0.25, 0.3) is 5.91 Å². The van der Waals surface area contributed by atoms with Crippen molar-refractivity contribution in [3.63, 3.8) is 0 Å². The Morgan fingerprint density at radius 2 is 1.63 bits per heavy atom. The number of benzene rings is 3. The Bertz CT molecular complexity index is 1610.